The molecule has 2 aromatic rings. The van der Waals surface area contributed by atoms with Crippen molar-refractivity contribution >= 4 is 17.3 Å². The van der Waals surface area contributed by atoms with Crippen LogP contribution in [0.4, 0.5) is 5.69 Å². The molecule has 0 amide bonds. The third-order valence-electron chi connectivity index (χ3n) is 3.04. The lowest BCUT2D eigenvalue weighted by Crippen LogP contribution is -2.07. The van der Waals surface area contributed by atoms with Gasteiger partial charge >= 0.3 is 0 Å². The standard InChI is InChI=1S/C15H18ClNO/c1-9-5-6-15(14(16)7-9)17-11(3)13-8-10(2)18-12(13)4/h5-8,11,17H,1-4H3. The van der Waals surface area contributed by atoms with Crippen LogP contribution in [0.1, 0.15) is 35.6 Å². The fourth-order valence-corrected chi connectivity index (χ4v) is 2.42. The molecule has 1 aromatic carbocycles. The summed E-state index contributed by atoms with van der Waals surface area (Å²) in [6.45, 7) is 8.08. The van der Waals surface area contributed by atoms with E-state index in [9.17, 15) is 0 Å². The van der Waals surface area contributed by atoms with Gasteiger partial charge in [-0.1, -0.05) is 17.7 Å². The van der Waals surface area contributed by atoms with E-state index >= 15 is 0 Å². The van der Waals surface area contributed by atoms with E-state index in [1.54, 1.807) is 0 Å². The minimum Gasteiger partial charge on any atom is -0.466 e. The van der Waals surface area contributed by atoms with Crippen LogP contribution in [0.2, 0.25) is 5.02 Å². The van der Waals surface area contributed by atoms with Gasteiger partial charge in [-0.15, -0.1) is 0 Å². The van der Waals surface area contributed by atoms with Gasteiger partial charge in [0.15, 0.2) is 0 Å². The number of hydrogen-bond donors (Lipinski definition) is 1. The van der Waals surface area contributed by atoms with Crippen molar-refractivity contribution in [2.45, 2.75) is 33.7 Å². The van der Waals surface area contributed by atoms with Crippen molar-refractivity contribution in [2.24, 2.45) is 0 Å². The SMILES string of the molecule is Cc1ccc(NC(C)c2cc(C)oc2C)c(Cl)c1. The molecule has 3 heteroatoms. The Bertz CT molecular complexity index is 560. The van der Waals surface area contributed by atoms with Crippen LogP contribution in [0.15, 0.2) is 28.7 Å². The zero-order chi connectivity index (χ0) is 13.3. The summed E-state index contributed by atoms with van der Waals surface area (Å²) < 4.78 is 5.55. The second-order valence-electron chi connectivity index (χ2n) is 4.72. The largest absolute Gasteiger partial charge is 0.466 e. The molecule has 96 valence electrons. The number of aryl methyl sites for hydroxylation is 3. The van der Waals surface area contributed by atoms with E-state index in [0.29, 0.717) is 0 Å². The quantitative estimate of drug-likeness (QED) is 0.840. The molecule has 0 aliphatic heterocycles. The predicted octanol–water partition coefficient (Wildman–Crippen LogP) is 5.03. The normalized spacial score (nSPS) is 12.5. The summed E-state index contributed by atoms with van der Waals surface area (Å²) in [7, 11) is 0. The summed E-state index contributed by atoms with van der Waals surface area (Å²) in [5.41, 5.74) is 3.28. The van der Waals surface area contributed by atoms with Gasteiger partial charge in [0.1, 0.15) is 11.5 Å². The van der Waals surface area contributed by atoms with Gasteiger partial charge in [-0.25, -0.2) is 0 Å². The zero-order valence-corrected chi connectivity index (χ0v) is 11.9. The Kier molecular flexibility index (Phi) is 3.67. The molecule has 0 radical (unpaired) electrons. The third-order valence-corrected chi connectivity index (χ3v) is 3.36. The molecular weight excluding hydrogens is 246 g/mol. The van der Waals surface area contributed by atoms with E-state index in [2.05, 4.69) is 24.4 Å². The van der Waals surface area contributed by atoms with Crippen molar-refractivity contribution in [1.29, 1.82) is 0 Å². The van der Waals surface area contributed by atoms with E-state index in [-0.39, 0.29) is 6.04 Å². The number of benzene rings is 1. The van der Waals surface area contributed by atoms with Crippen LogP contribution in [0.5, 0.6) is 0 Å². The van der Waals surface area contributed by atoms with Gasteiger partial charge in [0.05, 0.1) is 16.8 Å². The molecule has 0 spiro atoms. The highest BCUT2D eigenvalue weighted by molar-refractivity contribution is 6.33. The molecule has 0 aliphatic rings. The summed E-state index contributed by atoms with van der Waals surface area (Å²) in [6.07, 6.45) is 0. The van der Waals surface area contributed by atoms with Gasteiger partial charge in [-0.05, 0) is 51.5 Å². The van der Waals surface area contributed by atoms with E-state index in [1.807, 2.05) is 32.9 Å². The van der Waals surface area contributed by atoms with Gasteiger partial charge in [0.25, 0.3) is 0 Å². The molecule has 1 atom stereocenters. The van der Waals surface area contributed by atoms with Gasteiger partial charge in [-0.2, -0.15) is 0 Å². The van der Waals surface area contributed by atoms with Gasteiger partial charge < -0.3 is 9.73 Å². The second kappa shape index (κ2) is 5.07. The number of nitrogens with one attached hydrogen (secondary N) is 1. The zero-order valence-electron chi connectivity index (χ0n) is 11.2. The van der Waals surface area contributed by atoms with E-state index in [4.69, 9.17) is 16.0 Å². The Morgan fingerprint density at radius 1 is 1.17 bits per heavy atom. The highest BCUT2D eigenvalue weighted by Gasteiger charge is 2.13. The van der Waals surface area contributed by atoms with Crippen molar-refractivity contribution < 1.29 is 4.42 Å². The van der Waals surface area contributed by atoms with Crippen LogP contribution in [-0.2, 0) is 0 Å². The van der Waals surface area contributed by atoms with E-state index in [1.165, 1.54) is 5.56 Å². The Balaban J connectivity index is 2.21. The number of rotatable bonds is 3. The molecule has 0 fully saturated rings. The fraction of sp³-hybridized carbons (Fsp3) is 0.333. The molecule has 0 saturated heterocycles. The van der Waals surface area contributed by atoms with Crippen molar-refractivity contribution in [3.8, 4) is 0 Å². The van der Waals surface area contributed by atoms with E-state index < -0.39 is 0 Å². The lowest BCUT2D eigenvalue weighted by Gasteiger charge is -2.16. The monoisotopic (exact) mass is 263 g/mol. The first-order valence-electron chi connectivity index (χ1n) is 6.07. The van der Waals surface area contributed by atoms with Crippen LogP contribution in [0, 0.1) is 20.8 Å². The lowest BCUT2D eigenvalue weighted by molar-refractivity contribution is 0.500. The van der Waals surface area contributed by atoms with Crippen LogP contribution in [0.3, 0.4) is 0 Å². The Hall–Kier alpha value is -1.41. The van der Waals surface area contributed by atoms with E-state index in [0.717, 1.165) is 27.8 Å². The summed E-state index contributed by atoms with van der Waals surface area (Å²) in [5.74, 6) is 1.89. The van der Waals surface area contributed by atoms with Crippen LogP contribution < -0.4 is 5.32 Å². The van der Waals surface area contributed by atoms with Crippen LogP contribution >= 0.6 is 11.6 Å². The smallest absolute Gasteiger partial charge is 0.106 e. The Morgan fingerprint density at radius 2 is 1.89 bits per heavy atom. The average Bonchev–Trinajstić information content (AvgIpc) is 2.62. The number of halogens is 1. The summed E-state index contributed by atoms with van der Waals surface area (Å²) >= 11 is 6.22. The molecule has 2 rings (SSSR count). The minimum absolute atomic E-state index is 0.169. The average molecular weight is 264 g/mol. The highest BCUT2D eigenvalue weighted by Crippen LogP contribution is 2.29. The van der Waals surface area contributed by atoms with Crippen LogP contribution in [-0.4, -0.2) is 0 Å². The minimum atomic E-state index is 0.169. The van der Waals surface area contributed by atoms with Crippen molar-refractivity contribution in [3.63, 3.8) is 0 Å². The summed E-state index contributed by atoms with van der Waals surface area (Å²) in [6, 6.07) is 8.26. The molecule has 1 aromatic heterocycles. The molecule has 18 heavy (non-hydrogen) atoms. The molecular formula is C15H18ClNO. The van der Waals surface area contributed by atoms with Crippen molar-refractivity contribution in [3.05, 3.63) is 51.9 Å². The molecule has 1 unspecified atom stereocenters. The molecule has 0 saturated carbocycles. The lowest BCUT2D eigenvalue weighted by atomic mass is 10.1. The Labute approximate surface area is 113 Å². The van der Waals surface area contributed by atoms with Gasteiger partial charge in [0, 0.05) is 5.56 Å². The topological polar surface area (TPSA) is 25.2 Å². The molecule has 1 N–H and O–H groups in total. The number of anilines is 1. The second-order valence-corrected chi connectivity index (χ2v) is 5.13. The maximum absolute atomic E-state index is 6.22. The maximum atomic E-state index is 6.22. The molecule has 1 heterocycles. The van der Waals surface area contributed by atoms with Crippen LogP contribution in [0.25, 0.3) is 0 Å². The van der Waals surface area contributed by atoms with Gasteiger partial charge in [0.2, 0.25) is 0 Å². The van der Waals surface area contributed by atoms with Gasteiger partial charge in [-0.3, -0.25) is 0 Å². The van der Waals surface area contributed by atoms with Crippen molar-refractivity contribution in [2.75, 3.05) is 5.32 Å². The highest BCUT2D eigenvalue weighted by atomic mass is 35.5. The first-order valence-corrected chi connectivity index (χ1v) is 6.45. The first-order chi connectivity index (χ1) is 8.47. The molecule has 0 aliphatic carbocycles. The maximum Gasteiger partial charge on any atom is 0.106 e. The summed E-state index contributed by atoms with van der Waals surface area (Å²) in [4.78, 5) is 0. The predicted molar refractivity (Wildman–Crippen MR) is 76.4 cm³/mol. The fourth-order valence-electron chi connectivity index (χ4n) is 2.13. The first kappa shape index (κ1) is 13.0. The molecule has 2 nitrogen and oxygen atoms in total. The molecule has 0 bridgehead atoms. The third kappa shape index (κ3) is 2.70. The number of furan rings is 1. The number of hydrogen-bond acceptors (Lipinski definition) is 2. The summed E-state index contributed by atoms with van der Waals surface area (Å²) in [5, 5.41) is 4.17. The Morgan fingerprint density at radius 3 is 2.44 bits per heavy atom. The van der Waals surface area contributed by atoms with Crippen molar-refractivity contribution in [1.82, 2.24) is 0 Å².